The molecule has 1 fully saturated rings. The maximum Gasteiger partial charge on any atom is 0.408 e. The molecular formula is C28H39F2N3O6SSi. The Balaban J connectivity index is 1.86. The molecule has 1 aliphatic rings. The average Bonchev–Trinajstić information content (AvgIpc) is 3.21. The Morgan fingerprint density at radius 2 is 1.68 bits per heavy atom. The highest BCUT2D eigenvalue weighted by Crippen LogP contribution is 2.39. The predicted molar refractivity (Wildman–Crippen MR) is 156 cm³/mol. The van der Waals surface area contributed by atoms with Gasteiger partial charge in [-0.15, -0.1) is 0 Å². The fourth-order valence-corrected chi connectivity index (χ4v) is 7.34. The molecule has 2 aromatic rings. The molecule has 1 saturated heterocycles. The first-order valence-electron chi connectivity index (χ1n) is 13.2. The van der Waals surface area contributed by atoms with Gasteiger partial charge < -0.3 is 14.8 Å². The van der Waals surface area contributed by atoms with E-state index in [9.17, 15) is 27.5 Å². The number of hydrogen-bond acceptors (Lipinski definition) is 5. The largest absolute Gasteiger partial charge is 0.465 e. The molecule has 2 unspecified atom stereocenters. The van der Waals surface area contributed by atoms with Gasteiger partial charge in [0.15, 0.2) is 8.32 Å². The van der Waals surface area contributed by atoms with Crippen LogP contribution in [0.1, 0.15) is 48.0 Å². The summed E-state index contributed by atoms with van der Waals surface area (Å²) >= 11 is 0. The maximum atomic E-state index is 15.2. The van der Waals surface area contributed by atoms with Crippen LogP contribution in [0.4, 0.5) is 19.3 Å². The second-order valence-corrected chi connectivity index (χ2v) is 19.3. The van der Waals surface area contributed by atoms with Crippen molar-refractivity contribution < 1.29 is 36.3 Å². The Hall–Kier alpha value is -2.87. The molecule has 0 aliphatic carbocycles. The number of anilines is 1. The molecular weight excluding hydrogens is 572 g/mol. The Morgan fingerprint density at radius 1 is 1.05 bits per heavy atom. The van der Waals surface area contributed by atoms with E-state index < -0.39 is 59.7 Å². The van der Waals surface area contributed by atoms with E-state index >= 15 is 4.39 Å². The second-order valence-electron chi connectivity index (χ2n) is 12.9. The van der Waals surface area contributed by atoms with E-state index in [-0.39, 0.29) is 39.7 Å². The Morgan fingerprint density at radius 3 is 2.22 bits per heavy atom. The van der Waals surface area contributed by atoms with Gasteiger partial charge in [-0.1, -0.05) is 26.8 Å². The molecule has 0 aromatic heterocycles. The lowest BCUT2D eigenvalue weighted by Crippen LogP contribution is -2.45. The number of nitrogens with zero attached hydrogens (tertiary/aromatic N) is 1. The lowest BCUT2D eigenvalue weighted by molar-refractivity contribution is -0.120. The first-order valence-corrected chi connectivity index (χ1v) is 17.6. The Bertz CT molecular complexity index is 1440. The van der Waals surface area contributed by atoms with Crippen LogP contribution in [0.2, 0.25) is 18.1 Å². The fraction of sp³-hybridized carbons (Fsp3) is 0.500. The van der Waals surface area contributed by atoms with Crippen molar-refractivity contribution in [1.29, 1.82) is 0 Å². The Kier molecular flexibility index (Phi) is 9.09. The average molecular weight is 612 g/mol. The number of benzene rings is 2. The van der Waals surface area contributed by atoms with Crippen LogP contribution in [0.25, 0.3) is 11.1 Å². The van der Waals surface area contributed by atoms with Crippen molar-refractivity contribution in [3.63, 3.8) is 0 Å². The van der Waals surface area contributed by atoms with Gasteiger partial charge in [0.25, 0.3) is 0 Å². The maximum absolute atomic E-state index is 15.2. The van der Waals surface area contributed by atoms with Crippen LogP contribution < -0.4 is 10.0 Å². The third kappa shape index (κ3) is 7.70. The number of amides is 2. The molecule has 0 radical (unpaired) electrons. The standard InChI is InChI=1S/C28H39F2N3O6SSi/c1-27(2,3)32-40(37,38)24-12-10-18(29)14-20(24)17-9-11-22(21(30)13-17)31-25(34)23-15-19(16-33(23)26(35)36)39-41(7,8)28(4,5)6/h9-14,19,23,32H,15-16H2,1-8H3,(H,31,34)(H,35,36). The summed E-state index contributed by atoms with van der Waals surface area (Å²) in [5.74, 6) is -2.33. The lowest BCUT2D eigenvalue weighted by atomic mass is 10.0. The molecule has 2 aromatic carbocycles. The topological polar surface area (TPSA) is 125 Å². The van der Waals surface area contributed by atoms with Crippen molar-refractivity contribution in [3.05, 3.63) is 48.0 Å². The van der Waals surface area contributed by atoms with Gasteiger partial charge in [-0.25, -0.2) is 26.7 Å². The van der Waals surface area contributed by atoms with Gasteiger partial charge >= 0.3 is 6.09 Å². The Labute approximate surface area is 241 Å². The zero-order valence-electron chi connectivity index (χ0n) is 24.6. The van der Waals surface area contributed by atoms with Crippen LogP contribution in [0, 0.1) is 11.6 Å². The summed E-state index contributed by atoms with van der Waals surface area (Å²) in [6, 6.07) is 5.59. The van der Waals surface area contributed by atoms with E-state index in [1.165, 1.54) is 12.1 Å². The van der Waals surface area contributed by atoms with Crippen molar-refractivity contribution in [2.45, 2.75) is 88.7 Å². The van der Waals surface area contributed by atoms with Gasteiger partial charge in [0, 0.05) is 24.1 Å². The smallest absolute Gasteiger partial charge is 0.408 e. The molecule has 0 saturated carbocycles. The third-order valence-electron chi connectivity index (χ3n) is 7.29. The summed E-state index contributed by atoms with van der Waals surface area (Å²) in [7, 11) is -6.33. The minimum atomic E-state index is -4.09. The number of halogens is 2. The minimum Gasteiger partial charge on any atom is -0.465 e. The van der Waals surface area contributed by atoms with E-state index in [1.807, 2.05) is 13.1 Å². The van der Waals surface area contributed by atoms with E-state index in [0.717, 1.165) is 29.2 Å². The molecule has 3 rings (SSSR count). The van der Waals surface area contributed by atoms with Crippen molar-refractivity contribution in [1.82, 2.24) is 9.62 Å². The number of carbonyl (C=O) groups excluding carboxylic acids is 1. The van der Waals surface area contributed by atoms with Crippen molar-refractivity contribution in [3.8, 4) is 11.1 Å². The van der Waals surface area contributed by atoms with E-state index in [1.54, 1.807) is 20.8 Å². The van der Waals surface area contributed by atoms with Crippen LogP contribution in [0.3, 0.4) is 0 Å². The van der Waals surface area contributed by atoms with Gasteiger partial charge in [-0.3, -0.25) is 9.69 Å². The number of hydrogen-bond donors (Lipinski definition) is 3. The molecule has 3 N–H and O–H groups in total. The van der Waals surface area contributed by atoms with E-state index in [2.05, 4.69) is 30.8 Å². The van der Waals surface area contributed by atoms with Gasteiger partial charge in [0.1, 0.15) is 17.7 Å². The van der Waals surface area contributed by atoms with Crippen LogP contribution in [0.5, 0.6) is 0 Å². The number of nitrogens with one attached hydrogen (secondary N) is 2. The van der Waals surface area contributed by atoms with Crippen LogP contribution >= 0.6 is 0 Å². The SMILES string of the molecule is CC(C)(C)NS(=O)(=O)c1ccc(F)cc1-c1ccc(NC(=O)C2CC(O[Si](C)(C)C(C)(C)C)CN2C(=O)O)c(F)c1. The molecule has 2 atom stereocenters. The third-order valence-corrected chi connectivity index (χ3v) is 13.6. The molecule has 226 valence electrons. The monoisotopic (exact) mass is 611 g/mol. The summed E-state index contributed by atoms with van der Waals surface area (Å²) in [6.07, 6.45) is -1.65. The molecule has 13 heteroatoms. The normalized spacial score (nSPS) is 18.4. The van der Waals surface area contributed by atoms with Crippen LogP contribution in [0.15, 0.2) is 41.3 Å². The number of carbonyl (C=O) groups is 2. The number of carboxylic acid groups (broad SMARTS) is 1. The van der Waals surface area contributed by atoms with Gasteiger partial charge in [0.05, 0.1) is 16.7 Å². The minimum absolute atomic E-state index is 0.0147. The summed E-state index contributed by atoms with van der Waals surface area (Å²) in [5.41, 5.74) is -1.03. The van der Waals surface area contributed by atoms with Crippen LogP contribution in [-0.4, -0.2) is 63.0 Å². The van der Waals surface area contributed by atoms with Gasteiger partial charge in [-0.2, -0.15) is 0 Å². The number of likely N-dealkylation sites (tertiary alicyclic amines) is 1. The van der Waals surface area contributed by atoms with Crippen LogP contribution in [-0.2, 0) is 19.2 Å². The summed E-state index contributed by atoms with van der Waals surface area (Å²) in [5, 5.41) is 12.1. The molecule has 0 spiro atoms. The molecule has 1 heterocycles. The highest BCUT2D eigenvalue weighted by Gasteiger charge is 2.45. The van der Waals surface area contributed by atoms with Crippen molar-refractivity contribution in [2.24, 2.45) is 0 Å². The number of rotatable bonds is 7. The summed E-state index contributed by atoms with van der Waals surface area (Å²) < 4.78 is 64.3. The van der Waals surface area contributed by atoms with Crippen molar-refractivity contribution >= 4 is 36.0 Å². The number of sulfonamides is 1. The molecule has 41 heavy (non-hydrogen) atoms. The molecule has 2 amide bonds. The predicted octanol–water partition coefficient (Wildman–Crippen LogP) is 5.79. The van der Waals surface area contributed by atoms with Gasteiger partial charge in [-0.05, 0) is 74.8 Å². The molecule has 0 bridgehead atoms. The zero-order valence-corrected chi connectivity index (χ0v) is 26.4. The fourth-order valence-electron chi connectivity index (χ4n) is 4.36. The quantitative estimate of drug-likeness (QED) is 0.341. The summed E-state index contributed by atoms with van der Waals surface area (Å²) in [6.45, 7) is 15.2. The molecule has 1 aliphatic heterocycles. The first kappa shape index (κ1) is 32.6. The van der Waals surface area contributed by atoms with Gasteiger partial charge in [0.2, 0.25) is 15.9 Å². The second kappa shape index (κ2) is 11.4. The van der Waals surface area contributed by atoms with Crippen molar-refractivity contribution in [2.75, 3.05) is 11.9 Å². The molecule has 9 nitrogen and oxygen atoms in total. The van der Waals surface area contributed by atoms with E-state index in [4.69, 9.17) is 4.43 Å². The summed E-state index contributed by atoms with van der Waals surface area (Å²) in [4.78, 5) is 25.8. The zero-order chi connectivity index (χ0) is 31.1. The first-order chi connectivity index (χ1) is 18.6. The highest BCUT2D eigenvalue weighted by molar-refractivity contribution is 7.89. The highest BCUT2D eigenvalue weighted by atomic mass is 32.2. The van der Waals surface area contributed by atoms with E-state index in [0.29, 0.717) is 0 Å². The lowest BCUT2D eigenvalue weighted by Gasteiger charge is -2.38.